The van der Waals surface area contributed by atoms with Crippen molar-refractivity contribution in [2.75, 3.05) is 0 Å². The van der Waals surface area contributed by atoms with Gasteiger partial charge in [0.25, 0.3) is 0 Å². The van der Waals surface area contributed by atoms with Gasteiger partial charge in [0.05, 0.1) is 0 Å². The van der Waals surface area contributed by atoms with Gasteiger partial charge in [-0.3, -0.25) is 0 Å². The SMILES string of the molecule is [CH3][Sb]([CH3])([CH3])([O]C(=O)C(Cl)Cl)[O]C(=O)C(Cl)Cl. The van der Waals surface area contributed by atoms with Crippen molar-refractivity contribution in [3.8, 4) is 0 Å². The molecule has 0 saturated heterocycles. The van der Waals surface area contributed by atoms with E-state index in [0.29, 0.717) is 0 Å². The van der Waals surface area contributed by atoms with Gasteiger partial charge in [0.1, 0.15) is 0 Å². The first kappa shape index (κ1) is 16.9. The molecule has 9 heteroatoms. The Balaban J connectivity index is 4.71. The summed E-state index contributed by atoms with van der Waals surface area (Å²) < 4.78 is 10.1. The quantitative estimate of drug-likeness (QED) is 0.516. The minimum atomic E-state index is -4.28. The molecule has 0 atom stereocenters. The Morgan fingerprint density at radius 1 is 0.875 bits per heavy atom. The summed E-state index contributed by atoms with van der Waals surface area (Å²) in [5.41, 5.74) is 0. The van der Waals surface area contributed by atoms with Gasteiger partial charge in [0.15, 0.2) is 0 Å². The van der Waals surface area contributed by atoms with Crippen molar-refractivity contribution in [3.05, 3.63) is 0 Å². The van der Waals surface area contributed by atoms with E-state index in [4.69, 9.17) is 52.4 Å². The van der Waals surface area contributed by atoms with Gasteiger partial charge in [-0.1, -0.05) is 0 Å². The van der Waals surface area contributed by atoms with Gasteiger partial charge < -0.3 is 0 Å². The molecule has 4 nitrogen and oxygen atoms in total. The third-order valence-electron chi connectivity index (χ3n) is 1.16. The van der Waals surface area contributed by atoms with E-state index in [1.165, 1.54) is 14.6 Å². The predicted octanol–water partition coefficient (Wildman–Crippen LogP) is 2.97. The van der Waals surface area contributed by atoms with Crippen LogP contribution >= 0.6 is 46.4 Å². The van der Waals surface area contributed by atoms with Crippen molar-refractivity contribution in [3.63, 3.8) is 0 Å². The summed E-state index contributed by atoms with van der Waals surface area (Å²) in [6.45, 7) is 0. The average molecular weight is 423 g/mol. The molecule has 0 aliphatic heterocycles. The Morgan fingerprint density at radius 2 is 1.12 bits per heavy atom. The molecule has 0 radical (unpaired) electrons. The van der Waals surface area contributed by atoms with Crippen molar-refractivity contribution in [2.45, 2.75) is 24.3 Å². The number of alkyl halides is 4. The van der Waals surface area contributed by atoms with Crippen LogP contribution in [-0.4, -0.2) is 39.8 Å². The van der Waals surface area contributed by atoms with Crippen LogP contribution < -0.4 is 0 Å². The summed E-state index contributed by atoms with van der Waals surface area (Å²) in [4.78, 5) is 24.4. The second kappa shape index (κ2) is 5.71. The van der Waals surface area contributed by atoms with Crippen molar-refractivity contribution in [1.82, 2.24) is 0 Å². The first-order valence-electron chi connectivity index (χ1n) is 3.97. The van der Waals surface area contributed by atoms with E-state index in [1.54, 1.807) is 0 Å². The monoisotopic (exact) mass is 420 g/mol. The fraction of sp³-hybridized carbons (Fsp3) is 0.714. The molecule has 96 valence electrons. The molecule has 0 bridgehead atoms. The van der Waals surface area contributed by atoms with Gasteiger partial charge in [0, 0.05) is 0 Å². The number of halogens is 4. The van der Waals surface area contributed by atoms with Crippen LogP contribution in [0.25, 0.3) is 0 Å². The van der Waals surface area contributed by atoms with Crippen molar-refractivity contribution >= 4 is 76.6 Å². The van der Waals surface area contributed by atoms with E-state index < -0.39 is 39.8 Å². The normalized spacial score (nSPS) is 14.4. The van der Waals surface area contributed by atoms with E-state index in [-0.39, 0.29) is 0 Å². The molecule has 0 N–H and O–H groups in total. The number of rotatable bonds is 4. The Hall–Kier alpha value is 0.918. The predicted molar refractivity (Wildman–Crippen MR) is 66.5 cm³/mol. The fourth-order valence-corrected chi connectivity index (χ4v) is 5.84. The summed E-state index contributed by atoms with van der Waals surface area (Å²) in [6, 6.07) is 0. The van der Waals surface area contributed by atoms with Crippen molar-refractivity contribution in [1.29, 1.82) is 0 Å². The summed E-state index contributed by atoms with van der Waals surface area (Å²) in [5, 5.41) is 0. The van der Waals surface area contributed by atoms with E-state index in [2.05, 4.69) is 0 Å². The molecule has 0 amide bonds. The van der Waals surface area contributed by atoms with Gasteiger partial charge in [-0.2, -0.15) is 0 Å². The Morgan fingerprint density at radius 3 is 1.31 bits per heavy atom. The molecule has 0 heterocycles. The third-order valence-corrected chi connectivity index (χ3v) is 6.45. The first-order chi connectivity index (χ1) is 6.92. The molecule has 0 aliphatic rings. The summed E-state index contributed by atoms with van der Waals surface area (Å²) in [5.74, 6) is -1.71. The van der Waals surface area contributed by atoms with Crippen molar-refractivity contribution < 1.29 is 15.6 Å². The Bertz CT molecular complexity index is 270. The molecule has 0 fully saturated rings. The standard InChI is InChI=1S/2C2H2Cl2O2.3CH3.Sb/c2*3-1(4)2(5)6;;;;/h2*1H,(H,5,6);3*1H3;/q;;;;;+2/p-2. The van der Waals surface area contributed by atoms with Crippen LogP contribution in [0.4, 0.5) is 0 Å². The molecule has 0 aliphatic carbocycles. The molecule has 0 saturated carbocycles. The molecule has 0 unspecified atom stereocenters. The second-order valence-electron chi connectivity index (χ2n) is 3.93. The maximum atomic E-state index is 11.2. The molecule has 0 rings (SSSR count). The average Bonchev–Trinajstić information content (AvgIpc) is 2.00. The first-order valence-corrected chi connectivity index (χ1v) is 15.5. The Labute approximate surface area is 116 Å². The van der Waals surface area contributed by atoms with E-state index >= 15 is 0 Å². The summed E-state index contributed by atoms with van der Waals surface area (Å²) >= 11 is 17.0. The van der Waals surface area contributed by atoms with Crippen LogP contribution in [0.5, 0.6) is 0 Å². The zero-order chi connectivity index (χ0) is 13.2. The summed E-state index contributed by atoms with van der Waals surface area (Å²) in [7, 11) is 0. The van der Waals surface area contributed by atoms with Crippen LogP contribution in [0.3, 0.4) is 0 Å². The van der Waals surface area contributed by atoms with Crippen LogP contribution in [-0.2, 0) is 15.6 Å². The number of carbonyl (C=O) groups excluding carboxylic acids is 2. The maximum absolute atomic E-state index is 11.2. The van der Waals surface area contributed by atoms with Gasteiger partial charge in [0.2, 0.25) is 0 Å². The zero-order valence-corrected chi connectivity index (χ0v) is 14.3. The van der Waals surface area contributed by atoms with Gasteiger partial charge >= 0.3 is 116 Å². The van der Waals surface area contributed by atoms with E-state index in [0.717, 1.165) is 0 Å². The molecular formula is C7H11Cl4O4Sb. The topological polar surface area (TPSA) is 52.6 Å². The second-order valence-corrected chi connectivity index (χ2v) is 21.5. The molecule has 0 spiro atoms. The Kier molecular flexibility index (Phi) is 6.03. The molecule has 0 aromatic heterocycles. The van der Waals surface area contributed by atoms with Crippen LogP contribution in [0, 0.1) is 0 Å². The third kappa shape index (κ3) is 6.60. The van der Waals surface area contributed by atoms with Crippen LogP contribution in [0.2, 0.25) is 14.6 Å². The van der Waals surface area contributed by atoms with E-state index in [9.17, 15) is 9.59 Å². The fourth-order valence-electron chi connectivity index (χ4n) is 0.712. The van der Waals surface area contributed by atoms with Crippen LogP contribution in [0.1, 0.15) is 0 Å². The minimum absolute atomic E-state index is 0.855. The van der Waals surface area contributed by atoms with Gasteiger partial charge in [-0.25, -0.2) is 0 Å². The number of hydrogen-bond acceptors (Lipinski definition) is 4. The molecule has 16 heavy (non-hydrogen) atoms. The van der Waals surface area contributed by atoms with Gasteiger partial charge in [-0.05, 0) is 0 Å². The van der Waals surface area contributed by atoms with Crippen LogP contribution in [0.15, 0.2) is 0 Å². The van der Waals surface area contributed by atoms with Gasteiger partial charge in [-0.15, -0.1) is 0 Å². The van der Waals surface area contributed by atoms with E-state index in [1.807, 2.05) is 0 Å². The molecule has 0 aromatic carbocycles. The number of carbonyl (C=O) groups is 2. The number of hydrogen-bond donors (Lipinski definition) is 0. The molecular weight excluding hydrogens is 412 g/mol. The zero-order valence-electron chi connectivity index (χ0n) is 8.75. The molecule has 0 aromatic rings. The van der Waals surface area contributed by atoms with Crippen molar-refractivity contribution in [2.24, 2.45) is 0 Å². The summed E-state index contributed by atoms with van der Waals surface area (Å²) in [6.07, 6.45) is 0.